The van der Waals surface area contributed by atoms with Crippen molar-refractivity contribution >= 4 is 21.8 Å². The second-order valence-electron chi connectivity index (χ2n) is 4.20. The van der Waals surface area contributed by atoms with Crippen LogP contribution in [0.3, 0.4) is 0 Å². The van der Waals surface area contributed by atoms with Gasteiger partial charge in [-0.2, -0.15) is 0 Å². The predicted octanol–water partition coefficient (Wildman–Crippen LogP) is 2.79. The number of rotatable bonds is 5. The number of nitrogens with one attached hydrogen (secondary N) is 1. The fraction of sp³-hybridized carbons (Fsp3) is 0.462. The van der Waals surface area contributed by atoms with Gasteiger partial charge >= 0.3 is 0 Å². The van der Waals surface area contributed by atoms with E-state index in [1.165, 1.54) is 0 Å². The van der Waals surface area contributed by atoms with E-state index in [9.17, 15) is 4.79 Å². The molecule has 1 aromatic rings. The van der Waals surface area contributed by atoms with Crippen LogP contribution in [0.4, 0.5) is 0 Å². The van der Waals surface area contributed by atoms with E-state index >= 15 is 0 Å². The number of aliphatic hydroxyl groups excluding tert-OH is 1. The second kappa shape index (κ2) is 6.77. The fourth-order valence-electron chi connectivity index (χ4n) is 1.56. The Labute approximate surface area is 110 Å². The van der Waals surface area contributed by atoms with Crippen LogP contribution in [-0.4, -0.2) is 17.1 Å². The minimum absolute atomic E-state index is 0.0332. The minimum Gasteiger partial charge on any atom is -0.393 e. The summed E-state index contributed by atoms with van der Waals surface area (Å²) in [5.41, 5.74) is 1.05. The average Bonchev–Trinajstić information content (AvgIpc) is 2.26. The van der Waals surface area contributed by atoms with Crippen LogP contribution in [0, 0.1) is 0 Å². The largest absolute Gasteiger partial charge is 0.393 e. The number of aliphatic hydroxyl groups is 1. The Morgan fingerprint density at radius 3 is 2.65 bits per heavy atom. The summed E-state index contributed by atoms with van der Waals surface area (Å²) in [6.07, 6.45) is 0.417. The van der Waals surface area contributed by atoms with Crippen LogP contribution in [-0.2, 0) is 4.79 Å². The summed E-state index contributed by atoms with van der Waals surface area (Å²) < 4.78 is 0.989. The maximum atomic E-state index is 11.6. The van der Waals surface area contributed by atoms with E-state index in [0.717, 1.165) is 10.0 Å². The molecule has 4 heteroatoms. The number of benzene rings is 1. The lowest BCUT2D eigenvalue weighted by Gasteiger charge is -2.16. The molecule has 0 saturated heterocycles. The standard InChI is InChI=1S/C13H18BrNO2/c1-9(16)7-8-13(17)15-10(2)11-5-3-4-6-12(11)14/h3-6,9-10,16H,7-8H2,1-2H3,(H,15,17)/t9?,10-/m0/s1. The third kappa shape index (κ3) is 4.88. The molecule has 2 N–H and O–H groups in total. The van der Waals surface area contributed by atoms with Crippen molar-refractivity contribution in [1.29, 1.82) is 0 Å². The van der Waals surface area contributed by atoms with Gasteiger partial charge in [0, 0.05) is 10.9 Å². The topological polar surface area (TPSA) is 49.3 Å². The summed E-state index contributed by atoms with van der Waals surface area (Å²) in [5, 5.41) is 12.0. The van der Waals surface area contributed by atoms with Crippen LogP contribution in [0.15, 0.2) is 28.7 Å². The molecule has 0 bridgehead atoms. The van der Waals surface area contributed by atoms with Gasteiger partial charge < -0.3 is 10.4 Å². The molecule has 0 fully saturated rings. The molecule has 1 aromatic carbocycles. The summed E-state index contributed by atoms with van der Waals surface area (Å²) in [4.78, 5) is 11.6. The maximum absolute atomic E-state index is 11.6. The van der Waals surface area contributed by atoms with Crippen LogP contribution in [0.5, 0.6) is 0 Å². The van der Waals surface area contributed by atoms with Crippen molar-refractivity contribution in [1.82, 2.24) is 5.32 Å². The van der Waals surface area contributed by atoms with E-state index < -0.39 is 6.10 Å². The van der Waals surface area contributed by atoms with Crippen molar-refractivity contribution < 1.29 is 9.90 Å². The first-order valence-electron chi connectivity index (χ1n) is 5.72. The lowest BCUT2D eigenvalue weighted by Crippen LogP contribution is -2.27. The average molecular weight is 300 g/mol. The molecule has 0 heterocycles. The molecule has 0 aliphatic heterocycles. The molecule has 0 spiro atoms. The molecule has 1 amide bonds. The Balaban J connectivity index is 2.52. The Morgan fingerprint density at radius 1 is 1.41 bits per heavy atom. The Bertz CT molecular complexity index is 379. The second-order valence-corrected chi connectivity index (χ2v) is 5.05. The third-order valence-corrected chi connectivity index (χ3v) is 3.26. The lowest BCUT2D eigenvalue weighted by molar-refractivity contribution is -0.122. The molecule has 0 aliphatic carbocycles. The smallest absolute Gasteiger partial charge is 0.220 e. The van der Waals surface area contributed by atoms with E-state index in [0.29, 0.717) is 12.8 Å². The lowest BCUT2D eigenvalue weighted by atomic mass is 10.1. The fourth-order valence-corrected chi connectivity index (χ4v) is 2.19. The monoisotopic (exact) mass is 299 g/mol. The molecule has 0 radical (unpaired) electrons. The summed E-state index contributed by atoms with van der Waals surface area (Å²) in [7, 11) is 0. The zero-order valence-corrected chi connectivity index (χ0v) is 11.7. The van der Waals surface area contributed by atoms with Gasteiger partial charge in [-0.15, -0.1) is 0 Å². The number of hydrogen-bond acceptors (Lipinski definition) is 2. The van der Waals surface area contributed by atoms with Crippen LogP contribution >= 0.6 is 15.9 Å². The van der Waals surface area contributed by atoms with Crippen molar-refractivity contribution in [3.05, 3.63) is 34.3 Å². The number of halogens is 1. The van der Waals surface area contributed by atoms with Crippen LogP contribution in [0.2, 0.25) is 0 Å². The van der Waals surface area contributed by atoms with E-state index in [1.807, 2.05) is 31.2 Å². The molecule has 1 rings (SSSR count). The van der Waals surface area contributed by atoms with Gasteiger partial charge in [-0.3, -0.25) is 4.79 Å². The molecule has 17 heavy (non-hydrogen) atoms. The summed E-state index contributed by atoms with van der Waals surface area (Å²) in [6, 6.07) is 7.78. The third-order valence-electron chi connectivity index (χ3n) is 2.54. The number of amides is 1. The zero-order valence-electron chi connectivity index (χ0n) is 10.1. The predicted molar refractivity (Wildman–Crippen MR) is 71.6 cm³/mol. The molecule has 2 atom stereocenters. The van der Waals surface area contributed by atoms with Gasteiger partial charge in [-0.25, -0.2) is 0 Å². The molecule has 0 aromatic heterocycles. The molecule has 94 valence electrons. The first kappa shape index (κ1) is 14.2. The van der Waals surface area contributed by atoms with Gasteiger partial charge in [0.25, 0.3) is 0 Å². The van der Waals surface area contributed by atoms with E-state index in [-0.39, 0.29) is 11.9 Å². The zero-order chi connectivity index (χ0) is 12.8. The van der Waals surface area contributed by atoms with E-state index in [2.05, 4.69) is 21.2 Å². The Morgan fingerprint density at radius 2 is 2.06 bits per heavy atom. The van der Waals surface area contributed by atoms with Gasteiger partial charge in [-0.05, 0) is 31.9 Å². The van der Waals surface area contributed by atoms with Crippen molar-refractivity contribution in [2.75, 3.05) is 0 Å². The molecular formula is C13H18BrNO2. The van der Waals surface area contributed by atoms with E-state index in [4.69, 9.17) is 5.11 Å². The quantitative estimate of drug-likeness (QED) is 0.878. The number of carbonyl (C=O) groups is 1. The van der Waals surface area contributed by atoms with Gasteiger partial charge in [0.05, 0.1) is 12.1 Å². The highest BCUT2D eigenvalue weighted by Gasteiger charge is 2.12. The van der Waals surface area contributed by atoms with Crippen LogP contribution < -0.4 is 5.32 Å². The highest BCUT2D eigenvalue weighted by atomic mass is 79.9. The molecular weight excluding hydrogens is 282 g/mol. The van der Waals surface area contributed by atoms with Crippen LogP contribution in [0.1, 0.15) is 38.3 Å². The van der Waals surface area contributed by atoms with Gasteiger partial charge in [0.15, 0.2) is 0 Å². The summed E-state index contributed by atoms with van der Waals surface area (Å²) in [5.74, 6) is -0.0332. The van der Waals surface area contributed by atoms with E-state index in [1.54, 1.807) is 6.92 Å². The van der Waals surface area contributed by atoms with Gasteiger partial charge in [0.1, 0.15) is 0 Å². The Kier molecular flexibility index (Phi) is 5.65. The van der Waals surface area contributed by atoms with Crippen LogP contribution in [0.25, 0.3) is 0 Å². The van der Waals surface area contributed by atoms with Crippen molar-refractivity contribution in [3.8, 4) is 0 Å². The summed E-state index contributed by atoms with van der Waals surface area (Å²) >= 11 is 3.46. The molecule has 3 nitrogen and oxygen atoms in total. The number of carbonyl (C=O) groups excluding carboxylic acids is 1. The first-order chi connectivity index (χ1) is 8.00. The summed E-state index contributed by atoms with van der Waals surface area (Å²) in [6.45, 7) is 3.63. The Hall–Kier alpha value is -0.870. The first-order valence-corrected chi connectivity index (χ1v) is 6.52. The molecule has 1 unspecified atom stereocenters. The van der Waals surface area contributed by atoms with Crippen molar-refractivity contribution in [2.24, 2.45) is 0 Å². The number of hydrogen-bond donors (Lipinski definition) is 2. The highest BCUT2D eigenvalue weighted by molar-refractivity contribution is 9.10. The molecule has 0 aliphatic rings. The minimum atomic E-state index is -0.431. The van der Waals surface area contributed by atoms with Crippen molar-refractivity contribution in [3.63, 3.8) is 0 Å². The normalized spacial score (nSPS) is 14.1. The maximum Gasteiger partial charge on any atom is 0.220 e. The highest BCUT2D eigenvalue weighted by Crippen LogP contribution is 2.22. The van der Waals surface area contributed by atoms with Gasteiger partial charge in [-0.1, -0.05) is 34.1 Å². The van der Waals surface area contributed by atoms with Gasteiger partial charge in [0.2, 0.25) is 5.91 Å². The molecule has 0 saturated carbocycles. The van der Waals surface area contributed by atoms with Crippen molar-refractivity contribution in [2.45, 2.75) is 38.8 Å². The SMILES string of the molecule is CC(O)CCC(=O)N[C@@H](C)c1ccccc1Br.